The summed E-state index contributed by atoms with van der Waals surface area (Å²) in [7, 11) is 0. The lowest BCUT2D eigenvalue weighted by atomic mass is 10.1. The number of rotatable bonds is 5. The topological polar surface area (TPSA) is 62.0 Å². The van der Waals surface area contributed by atoms with Crippen LogP contribution in [0.5, 0.6) is 0 Å². The molecule has 4 nitrogen and oxygen atoms in total. The Morgan fingerprint density at radius 1 is 1.12 bits per heavy atom. The zero-order valence-corrected chi connectivity index (χ0v) is 13.9. The van der Waals surface area contributed by atoms with E-state index in [-0.39, 0.29) is 23.7 Å². The van der Waals surface area contributed by atoms with Gasteiger partial charge in [0.2, 0.25) is 5.91 Å². The van der Waals surface area contributed by atoms with Crippen molar-refractivity contribution in [1.29, 1.82) is 0 Å². The monoisotopic (exact) mass is 338 g/mol. The third kappa shape index (κ3) is 4.12. The number of halogens is 1. The molecule has 1 heterocycles. The smallest absolute Gasteiger partial charge is 0.251 e. The SMILES string of the molecule is Cc1ccc2[nH]c(=O)c(CCNC(=O)Cc3ccccc3F)cc2c1. The van der Waals surface area contributed by atoms with Gasteiger partial charge < -0.3 is 10.3 Å². The second-order valence-electron chi connectivity index (χ2n) is 6.08. The predicted octanol–water partition coefficient (Wildman–Crippen LogP) is 2.88. The van der Waals surface area contributed by atoms with Crippen LogP contribution in [0, 0.1) is 12.7 Å². The van der Waals surface area contributed by atoms with Crippen molar-refractivity contribution in [2.75, 3.05) is 6.54 Å². The summed E-state index contributed by atoms with van der Waals surface area (Å²) >= 11 is 0. The van der Waals surface area contributed by atoms with Gasteiger partial charge in [-0.25, -0.2) is 4.39 Å². The van der Waals surface area contributed by atoms with E-state index in [1.807, 2.05) is 31.2 Å². The van der Waals surface area contributed by atoms with Gasteiger partial charge in [-0.3, -0.25) is 9.59 Å². The highest BCUT2D eigenvalue weighted by Crippen LogP contribution is 2.13. The number of fused-ring (bicyclic) bond motifs is 1. The molecule has 3 aromatic rings. The second-order valence-corrected chi connectivity index (χ2v) is 6.08. The first-order chi connectivity index (χ1) is 12.0. The number of hydrogen-bond acceptors (Lipinski definition) is 2. The Morgan fingerprint density at radius 3 is 2.72 bits per heavy atom. The standard InChI is InChI=1S/C20H19FN2O2/c1-13-6-7-18-16(10-13)11-15(20(25)23-18)8-9-22-19(24)12-14-4-2-3-5-17(14)21/h2-7,10-11H,8-9,12H2,1H3,(H,22,24)(H,23,25). The maximum absolute atomic E-state index is 13.5. The van der Waals surface area contributed by atoms with Gasteiger partial charge in [-0.1, -0.05) is 29.8 Å². The molecule has 5 heteroatoms. The van der Waals surface area contributed by atoms with Crippen molar-refractivity contribution in [2.45, 2.75) is 19.8 Å². The summed E-state index contributed by atoms with van der Waals surface area (Å²) < 4.78 is 13.5. The molecule has 2 aromatic carbocycles. The first-order valence-electron chi connectivity index (χ1n) is 8.15. The normalized spacial score (nSPS) is 10.8. The van der Waals surface area contributed by atoms with Crippen LogP contribution in [0.1, 0.15) is 16.7 Å². The summed E-state index contributed by atoms with van der Waals surface area (Å²) in [6.07, 6.45) is 0.405. The molecule has 25 heavy (non-hydrogen) atoms. The highest BCUT2D eigenvalue weighted by Gasteiger charge is 2.08. The minimum absolute atomic E-state index is 0.0139. The van der Waals surface area contributed by atoms with E-state index in [2.05, 4.69) is 10.3 Å². The van der Waals surface area contributed by atoms with Crippen LogP contribution in [0.15, 0.2) is 53.3 Å². The fourth-order valence-electron chi connectivity index (χ4n) is 2.77. The maximum Gasteiger partial charge on any atom is 0.251 e. The van der Waals surface area contributed by atoms with Crippen molar-refractivity contribution in [1.82, 2.24) is 10.3 Å². The molecule has 0 atom stereocenters. The zero-order chi connectivity index (χ0) is 17.8. The summed E-state index contributed by atoms with van der Waals surface area (Å²) in [6, 6.07) is 13.9. The molecule has 2 N–H and O–H groups in total. The lowest BCUT2D eigenvalue weighted by Gasteiger charge is -2.07. The molecule has 0 bridgehead atoms. The summed E-state index contributed by atoms with van der Waals surface area (Å²) in [4.78, 5) is 26.9. The highest BCUT2D eigenvalue weighted by molar-refractivity contribution is 5.80. The van der Waals surface area contributed by atoms with Crippen LogP contribution in [0.2, 0.25) is 0 Å². The molecule has 0 aliphatic heterocycles. The van der Waals surface area contributed by atoms with Crippen LogP contribution < -0.4 is 10.9 Å². The quantitative estimate of drug-likeness (QED) is 0.751. The number of aromatic amines is 1. The van der Waals surface area contributed by atoms with Crippen LogP contribution in [-0.2, 0) is 17.6 Å². The van der Waals surface area contributed by atoms with Gasteiger partial charge >= 0.3 is 0 Å². The highest BCUT2D eigenvalue weighted by atomic mass is 19.1. The Balaban J connectivity index is 1.63. The minimum atomic E-state index is -0.390. The van der Waals surface area contributed by atoms with Crippen LogP contribution >= 0.6 is 0 Å². The Morgan fingerprint density at radius 2 is 1.92 bits per heavy atom. The fraction of sp³-hybridized carbons (Fsp3) is 0.200. The number of benzene rings is 2. The van der Waals surface area contributed by atoms with Gasteiger partial charge in [0, 0.05) is 17.6 Å². The van der Waals surface area contributed by atoms with Gasteiger partial charge in [-0.2, -0.15) is 0 Å². The van der Waals surface area contributed by atoms with E-state index in [1.165, 1.54) is 6.07 Å². The number of hydrogen-bond donors (Lipinski definition) is 2. The molecule has 0 radical (unpaired) electrons. The fourth-order valence-corrected chi connectivity index (χ4v) is 2.77. The molecule has 0 fully saturated rings. The largest absolute Gasteiger partial charge is 0.355 e. The third-order valence-corrected chi connectivity index (χ3v) is 4.10. The number of carbonyl (C=O) groups excluding carboxylic acids is 1. The van der Waals surface area contributed by atoms with Crippen LogP contribution in [0.4, 0.5) is 4.39 Å². The second kappa shape index (κ2) is 7.30. The number of H-pyrrole nitrogens is 1. The van der Waals surface area contributed by atoms with Crippen molar-refractivity contribution in [3.63, 3.8) is 0 Å². The molecule has 0 spiro atoms. The van der Waals surface area contributed by atoms with Gasteiger partial charge in [0.25, 0.3) is 5.56 Å². The van der Waals surface area contributed by atoms with Gasteiger partial charge in [-0.15, -0.1) is 0 Å². The molecular weight excluding hydrogens is 319 g/mol. The molecule has 0 saturated heterocycles. The van der Waals surface area contributed by atoms with Crippen LogP contribution in [0.3, 0.4) is 0 Å². The first kappa shape index (κ1) is 16.9. The molecule has 1 aromatic heterocycles. The lowest BCUT2D eigenvalue weighted by Crippen LogP contribution is -2.29. The summed E-state index contributed by atoms with van der Waals surface area (Å²) in [5, 5.41) is 3.70. The van der Waals surface area contributed by atoms with E-state index in [0.717, 1.165) is 16.5 Å². The third-order valence-electron chi connectivity index (χ3n) is 4.10. The van der Waals surface area contributed by atoms with E-state index in [9.17, 15) is 14.0 Å². The Hall–Kier alpha value is -2.95. The number of pyridine rings is 1. The van der Waals surface area contributed by atoms with E-state index < -0.39 is 0 Å². The van der Waals surface area contributed by atoms with E-state index in [4.69, 9.17) is 0 Å². The Kier molecular flexibility index (Phi) is 4.93. The van der Waals surface area contributed by atoms with Gasteiger partial charge in [0.05, 0.1) is 6.42 Å². The first-order valence-corrected chi connectivity index (χ1v) is 8.15. The Labute approximate surface area is 144 Å². The minimum Gasteiger partial charge on any atom is -0.355 e. The maximum atomic E-state index is 13.5. The summed E-state index contributed by atoms with van der Waals surface area (Å²) in [5.74, 6) is -0.655. The molecule has 0 saturated carbocycles. The number of aryl methyl sites for hydroxylation is 1. The number of carbonyl (C=O) groups is 1. The lowest BCUT2D eigenvalue weighted by molar-refractivity contribution is -0.120. The molecule has 1 amide bonds. The van der Waals surface area contributed by atoms with Crippen molar-refractivity contribution in [3.05, 3.63) is 81.4 Å². The van der Waals surface area contributed by atoms with Crippen molar-refractivity contribution >= 4 is 16.8 Å². The van der Waals surface area contributed by atoms with E-state index in [0.29, 0.717) is 24.1 Å². The number of nitrogens with one attached hydrogen (secondary N) is 2. The number of aromatic nitrogens is 1. The molecule has 0 aliphatic carbocycles. The average Bonchev–Trinajstić information content (AvgIpc) is 2.58. The van der Waals surface area contributed by atoms with Crippen LogP contribution in [0.25, 0.3) is 10.9 Å². The van der Waals surface area contributed by atoms with Gasteiger partial charge in [0.15, 0.2) is 0 Å². The van der Waals surface area contributed by atoms with Crippen LogP contribution in [-0.4, -0.2) is 17.4 Å². The van der Waals surface area contributed by atoms with Gasteiger partial charge in [-0.05, 0) is 48.6 Å². The molecule has 0 aliphatic rings. The van der Waals surface area contributed by atoms with Crippen molar-refractivity contribution in [3.8, 4) is 0 Å². The molecular formula is C20H19FN2O2. The van der Waals surface area contributed by atoms with Gasteiger partial charge in [0.1, 0.15) is 5.82 Å². The zero-order valence-electron chi connectivity index (χ0n) is 13.9. The molecule has 3 rings (SSSR count). The summed E-state index contributed by atoms with van der Waals surface area (Å²) in [5.41, 5.74) is 2.73. The Bertz CT molecular complexity index is 979. The number of amides is 1. The molecule has 128 valence electrons. The van der Waals surface area contributed by atoms with Crippen molar-refractivity contribution in [2.24, 2.45) is 0 Å². The van der Waals surface area contributed by atoms with E-state index in [1.54, 1.807) is 18.2 Å². The average molecular weight is 338 g/mol. The van der Waals surface area contributed by atoms with E-state index >= 15 is 0 Å². The predicted molar refractivity (Wildman–Crippen MR) is 96.1 cm³/mol. The molecule has 0 unspecified atom stereocenters. The van der Waals surface area contributed by atoms with Crippen molar-refractivity contribution < 1.29 is 9.18 Å². The summed E-state index contributed by atoms with van der Waals surface area (Å²) in [6.45, 7) is 2.32.